The molecule has 0 saturated carbocycles. The molecule has 0 aliphatic rings. The van der Waals surface area contributed by atoms with Gasteiger partial charge in [0.1, 0.15) is 6.07 Å². The maximum absolute atomic E-state index is 11.4. The summed E-state index contributed by atoms with van der Waals surface area (Å²) in [6, 6.07) is 2.90. The van der Waals surface area contributed by atoms with Gasteiger partial charge in [-0.05, 0) is 6.07 Å². The first-order valence-electron chi connectivity index (χ1n) is 3.62. The summed E-state index contributed by atoms with van der Waals surface area (Å²) in [5, 5.41) is 8.30. The van der Waals surface area contributed by atoms with E-state index in [1.54, 1.807) is 6.07 Å². The van der Waals surface area contributed by atoms with Gasteiger partial charge in [0.15, 0.2) is 14.9 Å². The second kappa shape index (κ2) is 4.35. The summed E-state index contributed by atoms with van der Waals surface area (Å²) in [4.78, 5) is 7.12. The van der Waals surface area contributed by atoms with E-state index in [1.165, 1.54) is 12.3 Å². The normalized spacial score (nSPS) is 10.9. The molecular weight excluding hydrogens is 226 g/mol. The largest absolute Gasteiger partial charge is 0.233 e. The second-order valence-electron chi connectivity index (χ2n) is 2.34. The summed E-state index contributed by atoms with van der Waals surface area (Å²) >= 11 is 5.32. The molecule has 0 saturated heterocycles. The van der Waals surface area contributed by atoms with Crippen LogP contribution in [0.15, 0.2) is 17.3 Å². The Bertz CT molecular complexity index is 466. The fourth-order valence-electron chi connectivity index (χ4n) is 0.775. The minimum Gasteiger partial charge on any atom is -0.227 e. The standard InChI is InChI=1S/C7H6ClN3O2S/c8-2-4-14(12,13)7-1-3-10-6(5-9)11-7/h1,3H,2,4H2. The van der Waals surface area contributed by atoms with Crippen molar-refractivity contribution in [2.24, 2.45) is 0 Å². The van der Waals surface area contributed by atoms with E-state index in [2.05, 4.69) is 9.97 Å². The number of alkyl halides is 1. The maximum atomic E-state index is 11.4. The zero-order valence-corrected chi connectivity index (χ0v) is 8.59. The van der Waals surface area contributed by atoms with E-state index >= 15 is 0 Å². The Labute approximate surface area is 86.3 Å². The number of rotatable bonds is 3. The predicted octanol–water partition coefficient (Wildman–Crippen LogP) is 0.361. The highest BCUT2D eigenvalue weighted by Gasteiger charge is 2.15. The lowest BCUT2D eigenvalue weighted by molar-refractivity contribution is 0.593. The highest BCUT2D eigenvalue weighted by atomic mass is 35.5. The Kier molecular flexibility index (Phi) is 3.38. The van der Waals surface area contributed by atoms with Crippen molar-refractivity contribution in [1.82, 2.24) is 9.97 Å². The number of nitrogens with zero attached hydrogens (tertiary/aromatic N) is 3. The topological polar surface area (TPSA) is 83.7 Å². The molecular formula is C7H6ClN3O2S. The van der Waals surface area contributed by atoms with Crippen molar-refractivity contribution in [3.05, 3.63) is 18.1 Å². The van der Waals surface area contributed by atoms with E-state index in [0.717, 1.165) is 0 Å². The third-order valence-corrected chi connectivity index (χ3v) is 3.41. The molecule has 0 spiro atoms. The lowest BCUT2D eigenvalue weighted by Gasteiger charge is -1.99. The third-order valence-electron chi connectivity index (χ3n) is 1.39. The Morgan fingerprint density at radius 2 is 2.29 bits per heavy atom. The van der Waals surface area contributed by atoms with Gasteiger partial charge in [0.05, 0.1) is 5.75 Å². The average Bonchev–Trinajstić information content (AvgIpc) is 2.18. The SMILES string of the molecule is N#Cc1nccc(S(=O)(=O)CCCl)n1. The summed E-state index contributed by atoms with van der Waals surface area (Å²) in [6.45, 7) is 0. The molecule has 74 valence electrons. The van der Waals surface area contributed by atoms with Gasteiger partial charge in [-0.1, -0.05) is 0 Å². The Balaban J connectivity index is 3.15. The van der Waals surface area contributed by atoms with Crippen molar-refractivity contribution in [3.63, 3.8) is 0 Å². The number of sulfone groups is 1. The van der Waals surface area contributed by atoms with Gasteiger partial charge in [0, 0.05) is 12.1 Å². The van der Waals surface area contributed by atoms with Crippen LogP contribution < -0.4 is 0 Å². The minimum absolute atomic E-state index is 0.00573. The van der Waals surface area contributed by atoms with Crippen LogP contribution in [-0.2, 0) is 9.84 Å². The van der Waals surface area contributed by atoms with Crippen LogP contribution in [0.2, 0.25) is 0 Å². The summed E-state index contributed by atoms with van der Waals surface area (Å²) in [5.74, 6) is -0.370. The van der Waals surface area contributed by atoms with Crippen LogP contribution in [0.4, 0.5) is 0 Å². The smallest absolute Gasteiger partial charge is 0.227 e. The van der Waals surface area contributed by atoms with Gasteiger partial charge in [-0.15, -0.1) is 11.6 Å². The fraction of sp³-hybridized carbons (Fsp3) is 0.286. The molecule has 14 heavy (non-hydrogen) atoms. The maximum Gasteiger partial charge on any atom is 0.233 e. The van der Waals surface area contributed by atoms with Gasteiger partial charge in [-0.25, -0.2) is 18.4 Å². The Morgan fingerprint density at radius 1 is 1.57 bits per heavy atom. The molecule has 0 fully saturated rings. The summed E-state index contributed by atoms with van der Waals surface area (Å²) < 4.78 is 22.8. The first-order chi connectivity index (χ1) is 6.60. The lowest BCUT2D eigenvalue weighted by atomic mass is 10.6. The molecule has 0 aliphatic carbocycles. The van der Waals surface area contributed by atoms with Crippen molar-refractivity contribution in [1.29, 1.82) is 5.26 Å². The third kappa shape index (κ3) is 2.40. The van der Waals surface area contributed by atoms with Crippen LogP contribution >= 0.6 is 11.6 Å². The van der Waals surface area contributed by atoms with Gasteiger partial charge >= 0.3 is 0 Å². The van der Waals surface area contributed by atoms with Crippen molar-refractivity contribution in [2.45, 2.75) is 5.03 Å². The molecule has 0 unspecified atom stereocenters. The Morgan fingerprint density at radius 3 is 2.86 bits per heavy atom. The number of aromatic nitrogens is 2. The lowest BCUT2D eigenvalue weighted by Crippen LogP contribution is -2.10. The van der Waals surface area contributed by atoms with Crippen molar-refractivity contribution < 1.29 is 8.42 Å². The zero-order chi connectivity index (χ0) is 10.6. The summed E-state index contributed by atoms with van der Waals surface area (Å²) in [7, 11) is -3.48. The molecule has 1 aromatic heterocycles. The predicted molar refractivity (Wildman–Crippen MR) is 49.5 cm³/mol. The van der Waals surface area contributed by atoms with Crippen LogP contribution in [0.25, 0.3) is 0 Å². The quantitative estimate of drug-likeness (QED) is 0.554. The van der Waals surface area contributed by atoms with E-state index in [1.807, 2.05) is 0 Å². The van der Waals surface area contributed by atoms with Crippen LogP contribution in [0.3, 0.4) is 0 Å². The minimum atomic E-state index is -3.48. The summed E-state index contributed by atoms with van der Waals surface area (Å²) in [6.07, 6.45) is 1.23. The monoisotopic (exact) mass is 231 g/mol. The number of halogens is 1. The van der Waals surface area contributed by atoms with Gasteiger partial charge in [-0.3, -0.25) is 0 Å². The van der Waals surface area contributed by atoms with Crippen molar-refractivity contribution >= 4 is 21.4 Å². The van der Waals surface area contributed by atoms with Crippen LogP contribution in [-0.4, -0.2) is 30.0 Å². The van der Waals surface area contributed by atoms with E-state index in [0.29, 0.717) is 0 Å². The van der Waals surface area contributed by atoms with E-state index < -0.39 is 9.84 Å². The molecule has 0 bridgehead atoms. The molecule has 0 amide bonds. The molecule has 0 aliphatic heterocycles. The first kappa shape index (κ1) is 10.9. The van der Waals surface area contributed by atoms with Gasteiger partial charge in [0.2, 0.25) is 5.82 Å². The molecule has 0 aromatic carbocycles. The van der Waals surface area contributed by atoms with E-state index in [-0.39, 0.29) is 22.5 Å². The molecule has 1 rings (SSSR count). The first-order valence-corrected chi connectivity index (χ1v) is 5.80. The molecule has 0 N–H and O–H groups in total. The van der Waals surface area contributed by atoms with E-state index in [4.69, 9.17) is 16.9 Å². The van der Waals surface area contributed by atoms with Crippen LogP contribution in [0.5, 0.6) is 0 Å². The number of hydrogen-bond donors (Lipinski definition) is 0. The highest BCUT2D eigenvalue weighted by molar-refractivity contribution is 7.91. The number of nitriles is 1. The average molecular weight is 232 g/mol. The fourth-order valence-corrected chi connectivity index (χ4v) is 2.29. The summed E-state index contributed by atoms with van der Waals surface area (Å²) in [5.41, 5.74) is 0. The van der Waals surface area contributed by atoms with Crippen molar-refractivity contribution in [2.75, 3.05) is 11.6 Å². The van der Waals surface area contributed by atoms with Gasteiger partial charge in [-0.2, -0.15) is 5.26 Å². The molecule has 0 radical (unpaired) electrons. The van der Waals surface area contributed by atoms with Crippen molar-refractivity contribution in [3.8, 4) is 6.07 Å². The molecule has 1 heterocycles. The molecule has 1 aromatic rings. The zero-order valence-electron chi connectivity index (χ0n) is 7.01. The highest BCUT2D eigenvalue weighted by Crippen LogP contribution is 2.07. The van der Waals surface area contributed by atoms with Gasteiger partial charge < -0.3 is 0 Å². The Hall–Kier alpha value is -1.19. The molecule has 7 heteroatoms. The molecule has 5 nitrogen and oxygen atoms in total. The molecule has 0 atom stereocenters. The van der Waals surface area contributed by atoms with Crippen LogP contribution in [0, 0.1) is 11.3 Å². The van der Waals surface area contributed by atoms with E-state index in [9.17, 15) is 8.42 Å². The number of hydrogen-bond acceptors (Lipinski definition) is 5. The van der Waals surface area contributed by atoms with Crippen LogP contribution in [0.1, 0.15) is 5.82 Å². The second-order valence-corrected chi connectivity index (χ2v) is 4.77. The van der Waals surface area contributed by atoms with Gasteiger partial charge in [0.25, 0.3) is 0 Å².